The van der Waals surface area contributed by atoms with Gasteiger partial charge in [0.15, 0.2) is 5.11 Å². The first-order chi connectivity index (χ1) is 10.1. The molecule has 0 bridgehead atoms. The Morgan fingerprint density at radius 2 is 1.68 bits per heavy atom. The molecule has 1 rings (SSSR count). The van der Waals surface area contributed by atoms with Crippen LogP contribution in [0.25, 0.3) is 0 Å². The zero-order valence-corrected chi connectivity index (χ0v) is 15.2. The summed E-state index contributed by atoms with van der Waals surface area (Å²) >= 11 is 11.1. The highest BCUT2D eigenvalue weighted by Crippen LogP contribution is 2.25. The Labute approximate surface area is 143 Å². The van der Waals surface area contributed by atoms with Crippen LogP contribution in [0.3, 0.4) is 0 Å². The van der Waals surface area contributed by atoms with Crippen molar-refractivity contribution in [3.05, 3.63) is 34.9 Å². The highest BCUT2D eigenvalue weighted by atomic mass is 35.5. The summed E-state index contributed by atoms with van der Waals surface area (Å²) in [6.07, 6.45) is 0. The molecule has 0 aliphatic rings. The van der Waals surface area contributed by atoms with E-state index in [2.05, 4.69) is 16.2 Å². The van der Waals surface area contributed by atoms with Crippen LogP contribution in [-0.2, 0) is 4.79 Å². The molecule has 122 valence electrons. The van der Waals surface area contributed by atoms with E-state index in [9.17, 15) is 4.79 Å². The number of carbonyl (C=O) groups is 1. The molecule has 4 nitrogen and oxygen atoms in total. The predicted molar refractivity (Wildman–Crippen MR) is 95.8 cm³/mol. The topological polar surface area (TPSA) is 53.2 Å². The van der Waals surface area contributed by atoms with Crippen LogP contribution >= 0.6 is 23.8 Å². The van der Waals surface area contributed by atoms with Gasteiger partial charge < -0.3 is 5.32 Å². The number of nitrogens with one attached hydrogen (secondary N) is 3. The van der Waals surface area contributed by atoms with Crippen molar-refractivity contribution in [1.82, 2.24) is 16.2 Å². The van der Waals surface area contributed by atoms with Gasteiger partial charge in [0.1, 0.15) is 0 Å². The first-order valence-corrected chi connectivity index (χ1v) is 8.02. The van der Waals surface area contributed by atoms with Crippen molar-refractivity contribution in [2.45, 2.75) is 46.1 Å². The Hall–Kier alpha value is -1.33. The summed E-state index contributed by atoms with van der Waals surface area (Å²) < 4.78 is 0. The summed E-state index contributed by atoms with van der Waals surface area (Å²) in [5.41, 5.74) is 6.18. The molecule has 1 amide bonds. The lowest BCUT2D eigenvalue weighted by molar-refractivity contribution is -0.124. The number of amides is 1. The highest BCUT2D eigenvalue weighted by Gasteiger charge is 2.24. The number of hydrogen-bond acceptors (Lipinski definition) is 2. The molecule has 0 saturated heterocycles. The number of carbonyl (C=O) groups excluding carboxylic acids is 1. The summed E-state index contributed by atoms with van der Waals surface area (Å²) in [4.78, 5) is 12.4. The Bertz CT molecular complexity index is 523. The number of rotatable bonds is 3. The van der Waals surface area contributed by atoms with Crippen molar-refractivity contribution in [3.8, 4) is 0 Å². The molecule has 3 N–H and O–H groups in total. The first-order valence-electron chi connectivity index (χ1n) is 7.23. The summed E-state index contributed by atoms with van der Waals surface area (Å²) in [6, 6.07) is 7.33. The minimum absolute atomic E-state index is 0.129. The normalized spacial score (nSPS) is 12.7. The predicted octanol–water partition coefficient (Wildman–Crippen LogP) is 3.37. The molecular weight excluding hydrogens is 318 g/mol. The summed E-state index contributed by atoms with van der Waals surface area (Å²) in [7, 11) is 0. The van der Waals surface area contributed by atoms with Gasteiger partial charge in [0.2, 0.25) is 5.91 Å². The fraction of sp³-hybridized carbons (Fsp3) is 0.500. The number of hydrazine groups is 1. The van der Waals surface area contributed by atoms with E-state index in [1.807, 2.05) is 46.8 Å². The van der Waals surface area contributed by atoms with Crippen LogP contribution in [-0.4, -0.2) is 16.6 Å². The molecule has 0 unspecified atom stereocenters. The van der Waals surface area contributed by atoms with Gasteiger partial charge in [-0.05, 0) is 56.6 Å². The average Bonchev–Trinajstić information content (AvgIpc) is 2.36. The van der Waals surface area contributed by atoms with Crippen molar-refractivity contribution in [1.29, 1.82) is 0 Å². The van der Waals surface area contributed by atoms with Crippen molar-refractivity contribution in [2.24, 2.45) is 5.92 Å². The summed E-state index contributed by atoms with van der Waals surface area (Å²) in [5, 5.41) is 4.12. The van der Waals surface area contributed by atoms with Crippen LogP contribution in [0, 0.1) is 5.92 Å². The van der Waals surface area contributed by atoms with Gasteiger partial charge >= 0.3 is 0 Å². The molecule has 1 atom stereocenters. The largest absolute Gasteiger partial charge is 0.357 e. The molecule has 0 spiro atoms. The van der Waals surface area contributed by atoms with E-state index in [0.717, 1.165) is 5.56 Å². The molecule has 0 aromatic heterocycles. The summed E-state index contributed by atoms with van der Waals surface area (Å²) in [6.45, 7) is 9.99. The Morgan fingerprint density at radius 3 is 2.14 bits per heavy atom. The van der Waals surface area contributed by atoms with Gasteiger partial charge in [0.25, 0.3) is 0 Å². The molecule has 0 aliphatic heterocycles. The minimum Gasteiger partial charge on any atom is -0.357 e. The van der Waals surface area contributed by atoms with E-state index in [-0.39, 0.29) is 23.3 Å². The third kappa shape index (κ3) is 6.20. The third-order valence-corrected chi connectivity index (χ3v) is 3.42. The fourth-order valence-corrected chi connectivity index (χ4v) is 2.56. The van der Waals surface area contributed by atoms with Crippen molar-refractivity contribution in [3.63, 3.8) is 0 Å². The number of thiocarbonyl (C=S) groups is 1. The standard InChI is InChI=1S/C16H24ClN3OS/c1-10(2)13(11-6-8-12(17)9-7-11)14(21)19-20-15(22)18-16(3,4)5/h6-10,13H,1-5H3,(H,19,21)(H2,18,20,22)/t13-/m0/s1. The zero-order chi connectivity index (χ0) is 16.9. The lowest BCUT2D eigenvalue weighted by atomic mass is 9.88. The Balaban J connectivity index is 2.71. The maximum Gasteiger partial charge on any atom is 0.246 e. The van der Waals surface area contributed by atoms with Gasteiger partial charge in [0.05, 0.1) is 5.92 Å². The molecule has 0 radical (unpaired) electrons. The molecule has 6 heteroatoms. The summed E-state index contributed by atoms with van der Waals surface area (Å²) in [5.74, 6) is -0.260. The molecule has 1 aromatic rings. The molecule has 22 heavy (non-hydrogen) atoms. The number of benzene rings is 1. The van der Waals surface area contributed by atoms with Crippen LogP contribution < -0.4 is 16.2 Å². The number of halogens is 1. The van der Waals surface area contributed by atoms with E-state index >= 15 is 0 Å². The zero-order valence-electron chi connectivity index (χ0n) is 13.7. The van der Waals surface area contributed by atoms with Gasteiger partial charge in [-0.15, -0.1) is 0 Å². The van der Waals surface area contributed by atoms with Gasteiger partial charge in [0, 0.05) is 10.6 Å². The van der Waals surface area contributed by atoms with Gasteiger partial charge in [-0.25, -0.2) is 0 Å². The van der Waals surface area contributed by atoms with Crippen molar-refractivity contribution >= 4 is 34.8 Å². The van der Waals surface area contributed by atoms with E-state index in [1.54, 1.807) is 12.1 Å². The van der Waals surface area contributed by atoms with Gasteiger partial charge in [-0.2, -0.15) is 0 Å². The third-order valence-electron chi connectivity index (χ3n) is 2.97. The second-order valence-electron chi connectivity index (χ2n) is 6.59. The van der Waals surface area contributed by atoms with Crippen molar-refractivity contribution < 1.29 is 4.79 Å². The van der Waals surface area contributed by atoms with Crippen molar-refractivity contribution in [2.75, 3.05) is 0 Å². The smallest absolute Gasteiger partial charge is 0.246 e. The Kier molecular flexibility index (Phi) is 6.63. The van der Waals surface area contributed by atoms with Gasteiger partial charge in [-0.3, -0.25) is 15.6 Å². The second kappa shape index (κ2) is 7.79. The maximum atomic E-state index is 12.4. The lowest BCUT2D eigenvalue weighted by Gasteiger charge is -2.25. The quantitative estimate of drug-likeness (QED) is 0.583. The molecule has 0 saturated carbocycles. The van der Waals surface area contributed by atoms with Crippen LogP contribution in [0.4, 0.5) is 0 Å². The maximum absolute atomic E-state index is 12.4. The highest BCUT2D eigenvalue weighted by molar-refractivity contribution is 7.80. The fourth-order valence-electron chi connectivity index (χ4n) is 2.08. The SMILES string of the molecule is CC(C)[C@H](C(=O)NNC(=S)NC(C)(C)C)c1ccc(Cl)cc1. The van der Waals surface area contributed by atoms with Crippen LogP contribution in [0.1, 0.15) is 46.1 Å². The van der Waals surface area contributed by atoms with Gasteiger partial charge in [-0.1, -0.05) is 37.6 Å². The molecule has 0 aliphatic carbocycles. The van der Waals surface area contributed by atoms with E-state index in [0.29, 0.717) is 10.1 Å². The minimum atomic E-state index is -0.276. The molecule has 0 heterocycles. The van der Waals surface area contributed by atoms with Crippen LogP contribution in [0.2, 0.25) is 5.02 Å². The average molecular weight is 342 g/mol. The molecule has 0 fully saturated rings. The molecule has 1 aromatic carbocycles. The number of hydrogen-bond donors (Lipinski definition) is 3. The van der Waals surface area contributed by atoms with E-state index in [1.165, 1.54) is 0 Å². The monoisotopic (exact) mass is 341 g/mol. The van der Waals surface area contributed by atoms with Crippen LogP contribution in [0.5, 0.6) is 0 Å². The first kappa shape index (κ1) is 18.7. The second-order valence-corrected chi connectivity index (χ2v) is 7.44. The van der Waals surface area contributed by atoms with E-state index < -0.39 is 0 Å². The van der Waals surface area contributed by atoms with E-state index in [4.69, 9.17) is 23.8 Å². The lowest BCUT2D eigenvalue weighted by Crippen LogP contribution is -2.53. The Morgan fingerprint density at radius 1 is 1.14 bits per heavy atom. The van der Waals surface area contributed by atoms with Crippen LogP contribution in [0.15, 0.2) is 24.3 Å². The molecular formula is C16H24ClN3OS.